The molecule has 0 aliphatic heterocycles. The zero-order chi connectivity index (χ0) is 17.6. The minimum Gasteiger partial charge on any atom is -0.392 e. The summed E-state index contributed by atoms with van der Waals surface area (Å²) in [4.78, 5) is 12.0. The van der Waals surface area contributed by atoms with Gasteiger partial charge in [0.15, 0.2) is 0 Å². The molecule has 2 N–H and O–H groups in total. The third-order valence-corrected chi connectivity index (χ3v) is 3.75. The lowest BCUT2D eigenvalue weighted by Crippen LogP contribution is -2.30. The molecule has 0 fully saturated rings. The maximum absolute atomic E-state index is 13.2. The van der Waals surface area contributed by atoms with E-state index in [0.717, 1.165) is 0 Å². The van der Waals surface area contributed by atoms with Gasteiger partial charge in [-0.05, 0) is 16.7 Å². The van der Waals surface area contributed by atoms with Gasteiger partial charge in [-0.15, -0.1) is 0 Å². The summed E-state index contributed by atoms with van der Waals surface area (Å²) < 4.78 is 39.7. The summed E-state index contributed by atoms with van der Waals surface area (Å²) >= 11 is 0. The zero-order valence-corrected chi connectivity index (χ0v) is 12.9. The van der Waals surface area contributed by atoms with Crippen molar-refractivity contribution in [1.82, 2.24) is 5.32 Å². The van der Waals surface area contributed by atoms with Crippen LogP contribution in [0.5, 0.6) is 0 Å². The molecule has 0 aromatic heterocycles. The number of hydrogen-bond acceptors (Lipinski definition) is 2. The monoisotopic (exact) mass is 337 g/mol. The first-order valence-corrected chi connectivity index (χ1v) is 7.48. The van der Waals surface area contributed by atoms with Crippen LogP contribution >= 0.6 is 0 Å². The number of amides is 1. The number of aliphatic hydroxyl groups excluding tert-OH is 1. The van der Waals surface area contributed by atoms with Crippen LogP contribution in [0.1, 0.15) is 29.0 Å². The number of benzene rings is 2. The molecule has 0 saturated heterocycles. The molecule has 0 aliphatic rings. The number of carbonyl (C=O) groups is 1. The summed E-state index contributed by atoms with van der Waals surface area (Å²) in [7, 11) is 0. The number of hydrogen-bond donors (Lipinski definition) is 2. The number of alkyl halides is 3. The molecule has 2 rings (SSSR count). The molecule has 128 valence electrons. The van der Waals surface area contributed by atoms with Gasteiger partial charge in [-0.25, -0.2) is 0 Å². The lowest BCUT2D eigenvalue weighted by Gasteiger charge is -2.20. The average molecular weight is 337 g/mol. The Labute approximate surface area is 138 Å². The van der Waals surface area contributed by atoms with Crippen LogP contribution in [0.4, 0.5) is 13.2 Å². The van der Waals surface area contributed by atoms with Crippen molar-refractivity contribution in [2.24, 2.45) is 0 Å². The summed E-state index contributed by atoms with van der Waals surface area (Å²) in [6, 6.07) is 14.3. The van der Waals surface area contributed by atoms with E-state index in [4.69, 9.17) is 0 Å². The normalized spacial score (nSPS) is 12.7. The molecule has 0 bridgehead atoms. The van der Waals surface area contributed by atoms with Gasteiger partial charge in [-0.1, -0.05) is 54.6 Å². The van der Waals surface area contributed by atoms with E-state index in [9.17, 15) is 23.1 Å². The van der Waals surface area contributed by atoms with Crippen molar-refractivity contribution < 1.29 is 23.1 Å². The Hall–Kier alpha value is -2.34. The molecule has 0 spiro atoms. The Balaban J connectivity index is 2.03. The lowest BCUT2D eigenvalue weighted by atomic mass is 9.94. The van der Waals surface area contributed by atoms with Crippen LogP contribution < -0.4 is 5.32 Å². The van der Waals surface area contributed by atoms with E-state index in [2.05, 4.69) is 5.32 Å². The molecule has 0 aliphatic carbocycles. The van der Waals surface area contributed by atoms with Crippen LogP contribution in [0.15, 0.2) is 54.6 Å². The second kappa shape index (κ2) is 7.97. The van der Waals surface area contributed by atoms with Crippen LogP contribution in [-0.2, 0) is 17.9 Å². The minimum atomic E-state index is -4.50. The van der Waals surface area contributed by atoms with Crippen molar-refractivity contribution in [2.75, 3.05) is 0 Å². The van der Waals surface area contributed by atoms with E-state index >= 15 is 0 Å². The molecule has 0 heterocycles. The summed E-state index contributed by atoms with van der Waals surface area (Å²) in [5.74, 6) is -2.53. The number of carbonyl (C=O) groups excluding carboxylic acids is 1. The molecule has 6 heteroatoms. The van der Waals surface area contributed by atoms with Crippen LogP contribution in [0.2, 0.25) is 0 Å². The quantitative estimate of drug-likeness (QED) is 0.847. The molecular weight excluding hydrogens is 319 g/mol. The van der Waals surface area contributed by atoms with Gasteiger partial charge in [0.25, 0.3) is 0 Å². The van der Waals surface area contributed by atoms with Gasteiger partial charge in [-0.3, -0.25) is 4.79 Å². The maximum atomic E-state index is 13.2. The van der Waals surface area contributed by atoms with Crippen LogP contribution in [0.3, 0.4) is 0 Å². The number of aliphatic hydroxyl groups is 1. The fourth-order valence-corrected chi connectivity index (χ4v) is 2.44. The van der Waals surface area contributed by atoms with Crippen LogP contribution in [0, 0.1) is 0 Å². The average Bonchev–Trinajstić information content (AvgIpc) is 2.58. The van der Waals surface area contributed by atoms with E-state index in [1.54, 1.807) is 30.3 Å². The highest BCUT2D eigenvalue weighted by atomic mass is 19.4. The Morgan fingerprint density at radius 1 is 1.00 bits per heavy atom. The predicted molar refractivity (Wildman–Crippen MR) is 84.1 cm³/mol. The second-order valence-corrected chi connectivity index (χ2v) is 5.41. The van der Waals surface area contributed by atoms with Gasteiger partial charge in [0.05, 0.1) is 12.5 Å². The number of nitrogens with one attached hydrogen (secondary N) is 1. The number of rotatable bonds is 6. The van der Waals surface area contributed by atoms with E-state index in [1.807, 2.05) is 0 Å². The maximum Gasteiger partial charge on any atom is 0.396 e. The molecule has 2 aromatic rings. The van der Waals surface area contributed by atoms with E-state index in [1.165, 1.54) is 24.3 Å². The Morgan fingerprint density at radius 2 is 1.58 bits per heavy atom. The standard InChI is InChI=1S/C18H18F3NO2/c19-18(20,21)16(13-6-2-1-3-7-13)10-17(24)22-11-14-8-4-5-9-15(14)12-23/h1-9,16,23H,10-12H2,(H,22,24). The molecular formula is C18H18F3NO2. The zero-order valence-electron chi connectivity index (χ0n) is 12.9. The third-order valence-electron chi connectivity index (χ3n) is 3.75. The van der Waals surface area contributed by atoms with Gasteiger partial charge in [-0.2, -0.15) is 13.2 Å². The van der Waals surface area contributed by atoms with Gasteiger partial charge in [0.2, 0.25) is 5.91 Å². The van der Waals surface area contributed by atoms with Crippen molar-refractivity contribution >= 4 is 5.91 Å². The first-order chi connectivity index (χ1) is 11.4. The molecule has 0 radical (unpaired) electrons. The van der Waals surface area contributed by atoms with Crippen molar-refractivity contribution in [3.8, 4) is 0 Å². The van der Waals surface area contributed by atoms with Gasteiger partial charge >= 0.3 is 6.18 Å². The Bertz CT molecular complexity index is 671. The Morgan fingerprint density at radius 3 is 2.17 bits per heavy atom. The highest BCUT2D eigenvalue weighted by Crippen LogP contribution is 2.37. The molecule has 1 unspecified atom stereocenters. The fraction of sp³-hybridized carbons (Fsp3) is 0.278. The molecule has 3 nitrogen and oxygen atoms in total. The van der Waals surface area contributed by atoms with Gasteiger partial charge < -0.3 is 10.4 Å². The number of halogens is 3. The smallest absolute Gasteiger partial charge is 0.392 e. The van der Waals surface area contributed by atoms with Gasteiger partial charge in [0, 0.05) is 13.0 Å². The first-order valence-electron chi connectivity index (χ1n) is 7.48. The SMILES string of the molecule is O=C(CC(c1ccccc1)C(F)(F)F)NCc1ccccc1CO. The lowest BCUT2D eigenvalue weighted by molar-refractivity contribution is -0.157. The third kappa shape index (κ3) is 4.83. The summed E-state index contributed by atoms with van der Waals surface area (Å²) in [6.07, 6.45) is -5.17. The summed E-state index contributed by atoms with van der Waals surface area (Å²) in [6.45, 7) is -0.115. The van der Waals surface area contributed by atoms with Crippen molar-refractivity contribution in [2.45, 2.75) is 31.7 Å². The topological polar surface area (TPSA) is 49.3 Å². The van der Waals surface area contributed by atoms with E-state index in [-0.39, 0.29) is 18.7 Å². The van der Waals surface area contributed by atoms with Crippen LogP contribution in [-0.4, -0.2) is 17.2 Å². The molecule has 1 amide bonds. The minimum absolute atomic E-state index is 0.0657. The molecule has 1 atom stereocenters. The van der Waals surface area contributed by atoms with Crippen molar-refractivity contribution in [1.29, 1.82) is 0 Å². The molecule has 24 heavy (non-hydrogen) atoms. The van der Waals surface area contributed by atoms with Crippen molar-refractivity contribution in [3.05, 3.63) is 71.3 Å². The molecule has 0 saturated carbocycles. The summed E-state index contributed by atoms with van der Waals surface area (Å²) in [5, 5.41) is 11.7. The van der Waals surface area contributed by atoms with Crippen LogP contribution in [0.25, 0.3) is 0 Å². The van der Waals surface area contributed by atoms with Crippen molar-refractivity contribution in [3.63, 3.8) is 0 Å². The summed E-state index contributed by atoms with van der Waals surface area (Å²) in [5.41, 5.74) is 1.38. The largest absolute Gasteiger partial charge is 0.396 e. The van der Waals surface area contributed by atoms with E-state index in [0.29, 0.717) is 11.1 Å². The second-order valence-electron chi connectivity index (χ2n) is 5.41. The highest BCUT2D eigenvalue weighted by Gasteiger charge is 2.41. The first kappa shape index (κ1) is 18.0. The predicted octanol–water partition coefficient (Wildman–Crippen LogP) is 3.53. The van der Waals surface area contributed by atoms with Gasteiger partial charge in [0.1, 0.15) is 0 Å². The molecule has 2 aromatic carbocycles. The fourth-order valence-electron chi connectivity index (χ4n) is 2.44. The Kier molecular flexibility index (Phi) is 5.98. The van der Waals surface area contributed by atoms with E-state index < -0.39 is 24.4 Å². The highest BCUT2D eigenvalue weighted by molar-refractivity contribution is 5.77.